The Balaban J connectivity index is 1.88. The molecule has 2 atom stereocenters. The minimum atomic E-state index is -0.869. The van der Waals surface area contributed by atoms with Gasteiger partial charge in [-0.15, -0.1) is 0 Å². The first-order chi connectivity index (χ1) is 17.9. The van der Waals surface area contributed by atoms with Gasteiger partial charge in [-0.2, -0.15) is 0 Å². The molecule has 0 radical (unpaired) electrons. The lowest BCUT2D eigenvalue weighted by molar-refractivity contribution is -0.154. The summed E-state index contributed by atoms with van der Waals surface area (Å²) in [6.45, 7) is 7.03. The van der Waals surface area contributed by atoms with Crippen molar-refractivity contribution < 1.29 is 47.5 Å². The first-order valence-electron chi connectivity index (χ1n) is 11.2. The van der Waals surface area contributed by atoms with Crippen molar-refractivity contribution in [1.29, 1.82) is 0 Å². The highest BCUT2D eigenvalue weighted by atomic mass is 16.6. The van der Waals surface area contributed by atoms with Gasteiger partial charge in [-0.1, -0.05) is 13.2 Å². The number of hydrogen-bond donors (Lipinski definition) is 0. The summed E-state index contributed by atoms with van der Waals surface area (Å²) in [6, 6.07) is 12.8. The lowest BCUT2D eigenvalue weighted by atomic mass is 10.2. The summed E-state index contributed by atoms with van der Waals surface area (Å²) in [5.41, 5.74) is 0.296. The molecule has 2 unspecified atom stereocenters. The third-order valence-corrected chi connectivity index (χ3v) is 4.71. The van der Waals surface area contributed by atoms with Crippen LogP contribution in [-0.4, -0.2) is 70.8 Å². The first kappa shape index (κ1) is 29.1. The number of hydrogen-bond acceptors (Lipinski definition) is 10. The van der Waals surface area contributed by atoms with Gasteiger partial charge in [0, 0.05) is 26.4 Å². The highest BCUT2D eigenvalue weighted by molar-refractivity contribution is 5.91. The SMILES string of the molecule is C=CC(=O)OCC(COc1ccc(C(=O)Oc2ccc(OCC(COC)OC)cc2)cc1)OC(=O)C=C. The number of rotatable bonds is 16. The van der Waals surface area contributed by atoms with Gasteiger partial charge in [0.05, 0.1) is 12.2 Å². The number of esters is 3. The van der Waals surface area contributed by atoms with E-state index in [2.05, 4.69) is 13.2 Å². The number of benzene rings is 2. The molecule has 0 amide bonds. The third-order valence-electron chi connectivity index (χ3n) is 4.71. The van der Waals surface area contributed by atoms with Crippen LogP contribution in [0.3, 0.4) is 0 Å². The summed E-state index contributed by atoms with van der Waals surface area (Å²) in [5.74, 6) is -0.572. The van der Waals surface area contributed by atoms with Gasteiger partial charge in [0.25, 0.3) is 0 Å². The number of carbonyl (C=O) groups is 3. The molecule has 0 aromatic heterocycles. The van der Waals surface area contributed by atoms with E-state index >= 15 is 0 Å². The van der Waals surface area contributed by atoms with Crippen LogP contribution in [-0.2, 0) is 28.5 Å². The fraction of sp³-hybridized carbons (Fsp3) is 0.296. The Bertz CT molecular complexity index is 1030. The molecule has 0 saturated carbocycles. The average molecular weight is 515 g/mol. The summed E-state index contributed by atoms with van der Waals surface area (Å²) in [7, 11) is 3.16. The molecule has 0 aliphatic heterocycles. The molecule has 0 aliphatic carbocycles. The number of carbonyl (C=O) groups excluding carboxylic acids is 3. The minimum Gasteiger partial charge on any atom is -0.491 e. The quantitative estimate of drug-likeness (QED) is 0.188. The predicted molar refractivity (Wildman–Crippen MR) is 133 cm³/mol. The van der Waals surface area contributed by atoms with E-state index in [1.807, 2.05) is 0 Å². The minimum absolute atomic E-state index is 0.0984. The Morgan fingerprint density at radius 2 is 1.27 bits per heavy atom. The first-order valence-corrected chi connectivity index (χ1v) is 11.2. The van der Waals surface area contributed by atoms with Crippen LogP contribution in [0.1, 0.15) is 10.4 Å². The molecular weight excluding hydrogens is 484 g/mol. The highest BCUT2D eigenvalue weighted by Gasteiger charge is 2.17. The van der Waals surface area contributed by atoms with E-state index in [0.717, 1.165) is 12.2 Å². The lowest BCUT2D eigenvalue weighted by Crippen LogP contribution is -2.30. The van der Waals surface area contributed by atoms with E-state index in [1.165, 1.54) is 12.1 Å². The maximum absolute atomic E-state index is 12.5. The summed E-state index contributed by atoms with van der Waals surface area (Å²) in [6.07, 6.45) is 0.918. The monoisotopic (exact) mass is 514 g/mol. The van der Waals surface area contributed by atoms with Gasteiger partial charge in [-0.3, -0.25) is 0 Å². The van der Waals surface area contributed by atoms with Gasteiger partial charge < -0.3 is 33.2 Å². The van der Waals surface area contributed by atoms with Gasteiger partial charge in [-0.05, 0) is 48.5 Å². The molecule has 0 spiro atoms. The second kappa shape index (κ2) is 15.8. The van der Waals surface area contributed by atoms with Crippen LogP contribution in [0, 0.1) is 0 Å². The van der Waals surface area contributed by atoms with Crippen LogP contribution in [0.15, 0.2) is 73.8 Å². The normalized spacial score (nSPS) is 11.9. The third kappa shape index (κ3) is 10.6. The molecule has 10 heteroatoms. The zero-order chi connectivity index (χ0) is 27.0. The van der Waals surface area contributed by atoms with Gasteiger partial charge >= 0.3 is 17.9 Å². The Morgan fingerprint density at radius 1 is 0.730 bits per heavy atom. The summed E-state index contributed by atoms with van der Waals surface area (Å²) in [5, 5.41) is 0. The van der Waals surface area contributed by atoms with Crippen LogP contribution in [0.2, 0.25) is 0 Å². The Hall–Kier alpha value is -4.15. The molecule has 0 saturated heterocycles. The van der Waals surface area contributed by atoms with Crippen molar-refractivity contribution in [3.63, 3.8) is 0 Å². The van der Waals surface area contributed by atoms with Crippen LogP contribution in [0.5, 0.6) is 17.2 Å². The fourth-order valence-corrected chi connectivity index (χ4v) is 2.77. The van der Waals surface area contributed by atoms with E-state index in [-0.39, 0.29) is 19.3 Å². The molecule has 198 valence electrons. The molecule has 2 rings (SSSR count). The molecular formula is C27H30O10. The largest absolute Gasteiger partial charge is 0.491 e. The molecule has 2 aromatic rings. The van der Waals surface area contributed by atoms with Crippen molar-refractivity contribution in [3.05, 3.63) is 79.4 Å². The van der Waals surface area contributed by atoms with Crippen LogP contribution in [0.25, 0.3) is 0 Å². The number of ether oxygens (including phenoxy) is 7. The van der Waals surface area contributed by atoms with Crippen molar-refractivity contribution in [3.8, 4) is 17.2 Å². The molecule has 0 heterocycles. The Labute approximate surface area is 215 Å². The number of methoxy groups -OCH3 is 2. The Kier molecular flexibility index (Phi) is 12.4. The summed E-state index contributed by atoms with van der Waals surface area (Å²) in [4.78, 5) is 35.3. The van der Waals surface area contributed by atoms with E-state index in [0.29, 0.717) is 36.0 Å². The molecule has 2 aromatic carbocycles. The van der Waals surface area contributed by atoms with Crippen LogP contribution in [0.4, 0.5) is 0 Å². The smallest absolute Gasteiger partial charge is 0.343 e. The van der Waals surface area contributed by atoms with Crippen molar-refractivity contribution in [2.75, 3.05) is 40.6 Å². The van der Waals surface area contributed by atoms with E-state index in [4.69, 9.17) is 33.2 Å². The van der Waals surface area contributed by atoms with E-state index in [1.54, 1.807) is 50.6 Å². The maximum Gasteiger partial charge on any atom is 0.343 e. The van der Waals surface area contributed by atoms with Crippen molar-refractivity contribution >= 4 is 17.9 Å². The average Bonchev–Trinajstić information content (AvgIpc) is 2.93. The van der Waals surface area contributed by atoms with Crippen molar-refractivity contribution in [2.45, 2.75) is 12.2 Å². The molecule has 0 aliphatic rings. The van der Waals surface area contributed by atoms with Crippen molar-refractivity contribution in [1.82, 2.24) is 0 Å². The van der Waals surface area contributed by atoms with Crippen LogP contribution >= 0.6 is 0 Å². The second-order valence-corrected chi connectivity index (χ2v) is 7.42. The van der Waals surface area contributed by atoms with Gasteiger partial charge in [0.2, 0.25) is 0 Å². The van der Waals surface area contributed by atoms with Crippen LogP contribution < -0.4 is 14.2 Å². The van der Waals surface area contributed by atoms with Gasteiger partial charge in [0.1, 0.15) is 43.2 Å². The van der Waals surface area contributed by atoms with E-state index in [9.17, 15) is 14.4 Å². The zero-order valence-corrected chi connectivity index (χ0v) is 20.8. The summed E-state index contributed by atoms with van der Waals surface area (Å²) >= 11 is 0. The van der Waals surface area contributed by atoms with Gasteiger partial charge in [-0.25, -0.2) is 14.4 Å². The van der Waals surface area contributed by atoms with E-state index < -0.39 is 24.0 Å². The Morgan fingerprint density at radius 3 is 1.81 bits per heavy atom. The molecule has 0 N–H and O–H groups in total. The molecule has 10 nitrogen and oxygen atoms in total. The maximum atomic E-state index is 12.5. The topological polar surface area (TPSA) is 116 Å². The van der Waals surface area contributed by atoms with Crippen molar-refractivity contribution in [2.24, 2.45) is 0 Å². The fourth-order valence-electron chi connectivity index (χ4n) is 2.77. The zero-order valence-electron chi connectivity index (χ0n) is 20.8. The second-order valence-electron chi connectivity index (χ2n) is 7.42. The molecule has 0 fully saturated rings. The van der Waals surface area contributed by atoms with Gasteiger partial charge in [0.15, 0.2) is 6.10 Å². The lowest BCUT2D eigenvalue weighted by Gasteiger charge is -2.17. The summed E-state index contributed by atoms with van der Waals surface area (Å²) < 4.78 is 37.0. The molecule has 0 bridgehead atoms. The molecule has 37 heavy (non-hydrogen) atoms. The predicted octanol–water partition coefficient (Wildman–Crippen LogP) is 3.15. The standard InChI is InChI=1S/C27H30O10/c1-5-25(28)35-18-24(36-26(29)6-2)17-34-20-9-7-19(8-10-20)27(30)37-22-13-11-21(12-14-22)33-16-23(32-4)15-31-3/h5-14,23-24H,1-2,15-18H2,3-4H3. The highest BCUT2D eigenvalue weighted by Crippen LogP contribution is 2.20.